The molecule has 0 nitrogen and oxygen atoms in total. The lowest BCUT2D eigenvalue weighted by atomic mass is 9.94. The van der Waals surface area contributed by atoms with Gasteiger partial charge in [0.25, 0.3) is 0 Å². The summed E-state index contributed by atoms with van der Waals surface area (Å²) in [5, 5.41) is 0. The second-order valence-corrected chi connectivity index (χ2v) is 4.48. The molecule has 0 aromatic heterocycles. The van der Waals surface area contributed by atoms with Crippen LogP contribution < -0.4 is 0 Å². The van der Waals surface area contributed by atoms with Gasteiger partial charge in [-0.05, 0) is 47.9 Å². The summed E-state index contributed by atoms with van der Waals surface area (Å²) < 4.78 is 0. The van der Waals surface area contributed by atoms with Gasteiger partial charge < -0.3 is 0 Å². The lowest BCUT2D eigenvalue weighted by Gasteiger charge is -2.10. The zero-order valence-electron chi connectivity index (χ0n) is 8.72. The molecule has 0 N–H and O–H groups in total. The molecule has 14 heavy (non-hydrogen) atoms. The number of aryl methyl sites for hydroxylation is 2. The van der Waals surface area contributed by atoms with E-state index in [-0.39, 0.29) is 0 Å². The van der Waals surface area contributed by atoms with E-state index in [0.29, 0.717) is 5.92 Å². The van der Waals surface area contributed by atoms with Crippen LogP contribution in [0.2, 0.25) is 0 Å². The number of fused-ring (bicyclic) bond motifs is 2. The summed E-state index contributed by atoms with van der Waals surface area (Å²) in [7, 11) is 0. The van der Waals surface area contributed by atoms with Crippen molar-refractivity contribution < 1.29 is 0 Å². The van der Waals surface area contributed by atoms with Gasteiger partial charge in [-0.15, -0.1) is 0 Å². The zero-order valence-corrected chi connectivity index (χ0v) is 8.72. The molecule has 0 fully saturated rings. The first-order valence-corrected chi connectivity index (χ1v) is 5.72. The lowest BCUT2D eigenvalue weighted by molar-refractivity contribution is 0.816. The molecule has 0 spiro atoms. The molecule has 0 saturated carbocycles. The maximum Gasteiger partial charge on any atom is 0.00247 e. The van der Waals surface area contributed by atoms with E-state index in [4.69, 9.17) is 0 Å². The molecule has 0 aliphatic heterocycles. The van der Waals surface area contributed by atoms with E-state index in [1.807, 2.05) is 0 Å². The Labute approximate surface area is 85.6 Å². The van der Waals surface area contributed by atoms with Gasteiger partial charge in [-0.3, -0.25) is 0 Å². The highest BCUT2D eigenvalue weighted by Crippen LogP contribution is 2.36. The minimum absolute atomic E-state index is 0.691. The van der Waals surface area contributed by atoms with Crippen molar-refractivity contribution in [3.05, 3.63) is 40.5 Å². The Morgan fingerprint density at radius 2 is 2.00 bits per heavy atom. The number of hydrogen-bond acceptors (Lipinski definition) is 0. The fourth-order valence-electron chi connectivity index (χ4n) is 2.81. The highest BCUT2D eigenvalue weighted by Gasteiger charge is 2.20. The molecular formula is C14H16. The van der Waals surface area contributed by atoms with E-state index >= 15 is 0 Å². The minimum Gasteiger partial charge on any atom is -0.0764 e. The molecule has 1 unspecified atom stereocenters. The number of rotatable bonds is 1. The van der Waals surface area contributed by atoms with E-state index in [2.05, 4.69) is 31.2 Å². The molecule has 0 saturated heterocycles. The molecule has 2 aliphatic rings. The third kappa shape index (κ3) is 1.06. The van der Waals surface area contributed by atoms with Crippen molar-refractivity contribution in [2.45, 2.75) is 38.5 Å². The normalized spacial score (nSPS) is 22.5. The Kier molecular flexibility index (Phi) is 1.76. The highest BCUT2D eigenvalue weighted by atomic mass is 14.2. The molecule has 1 atom stereocenters. The Morgan fingerprint density at radius 3 is 2.79 bits per heavy atom. The summed E-state index contributed by atoms with van der Waals surface area (Å²) in [6.45, 7) is 2.28. The molecule has 72 valence electrons. The van der Waals surface area contributed by atoms with Gasteiger partial charge in [-0.2, -0.15) is 0 Å². The van der Waals surface area contributed by atoms with Crippen LogP contribution in [0.25, 0.3) is 6.08 Å². The first-order chi connectivity index (χ1) is 6.88. The van der Waals surface area contributed by atoms with Crippen molar-refractivity contribution in [3.63, 3.8) is 0 Å². The average Bonchev–Trinajstić information content (AvgIpc) is 2.78. The number of allylic oxidation sites excluding steroid dienone is 1. The first kappa shape index (κ1) is 8.28. The fourth-order valence-corrected chi connectivity index (χ4v) is 2.81. The maximum atomic E-state index is 2.46. The van der Waals surface area contributed by atoms with Crippen molar-refractivity contribution in [3.8, 4) is 0 Å². The standard InChI is InChI=1S/C14H16/c1-2-10-6-7-13-8-11-4-3-5-12(11)9-14(10)13/h6-10H,2-5H2,1H3. The van der Waals surface area contributed by atoms with E-state index in [1.165, 1.54) is 31.2 Å². The first-order valence-electron chi connectivity index (χ1n) is 5.72. The van der Waals surface area contributed by atoms with Gasteiger partial charge in [0.05, 0.1) is 0 Å². The van der Waals surface area contributed by atoms with Crippen molar-refractivity contribution >= 4 is 6.08 Å². The van der Waals surface area contributed by atoms with Gasteiger partial charge in [0, 0.05) is 5.92 Å². The average molecular weight is 184 g/mol. The molecule has 0 amide bonds. The van der Waals surface area contributed by atoms with Crippen molar-refractivity contribution in [1.29, 1.82) is 0 Å². The second kappa shape index (κ2) is 2.98. The van der Waals surface area contributed by atoms with Gasteiger partial charge in [0.2, 0.25) is 0 Å². The molecule has 0 bridgehead atoms. The molecule has 3 rings (SSSR count). The van der Waals surface area contributed by atoms with Gasteiger partial charge >= 0.3 is 0 Å². The maximum absolute atomic E-state index is 2.46. The van der Waals surface area contributed by atoms with Crippen molar-refractivity contribution in [1.82, 2.24) is 0 Å². The van der Waals surface area contributed by atoms with Gasteiger partial charge in [0.1, 0.15) is 0 Å². The number of benzene rings is 1. The summed E-state index contributed by atoms with van der Waals surface area (Å²) in [5.41, 5.74) is 6.28. The van der Waals surface area contributed by atoms with Crippen molar-refractivity contribution in [2.24, 2.45) is 0 Å². The van der Waals surface area contributed by atoms with Crippen LogP contribution in [-0.4, -0.2) is 0 Å². The SMILES string of the molecule is CCC1C=Cc2cc3c(cc21)CCC3. The minimum atomic E-state index is 0.691. The zero-order chi connectivity index (χ0) is 9.54. The summed E-state index contributed by atoms with van der Waals surface area (Å²) in [6, 6.07) is 4.88. The predicted octanol–water partition coefficient (Wildman–Crippen LogP) is 3.70. The Morgan fingerprint density at radius 1 is 1.21 bits per heavy atom. The highest BCUT2D eigenvalue weighted by molar-refractivity contribution is 5.64. The molecular weight excluding hydrogens is 168 g/mol. The number of hydrogen-bond donors (Lipinski definition) is 0. The van der Waals surface area contributed by atoms with Gasteiger partial charge in [-0.25, -0.2) is 0 Å². The second-order valence-electron chi connectivity index (χ2n) is 4.48. The summed E-state index contributed by atoms with van der Waals surface area (Å²) in [6.07, 6.45) is 9.87. The van der Waals surface area contributed by atoms with Gasteiger partial charge in [0.15, 0.2) is 0 Å². The van der Waals surface area contributed by atoms with Crippen LogP contribution in [0.3, 0.4) is 0 Å². The van der Waals surface area contributed by atoms with Crippen LogP contribution in [0, 0.1) is 0 Å². The van der Waals surface area contributed by atoms with Gasteiger partial charge in [-0.1, -0.05) is 31.2 Å². The van der Waals surface area contributed by atoms with Crippen LogP contribution in [-0.2, 0) is 12.8 Å². The smallest absolute Gasteiger partial charge is 0.00247 e. The summed E-state index contributed by atoms with van der Waals surface area (Å²) >= 11 is 0. The monoisotopic (exact) mass is 184 g/mol. The molecule has 1 aromatic carbocycles. The van der Waals surface area contributed by atoms with Crippen molar-refractivity contribution in [2.75, 3.05) is 0 Å². The molecule has 0 radical (unpaired) electrons. The summed E-state index contributed by atoms with van der Waals surface area (Å²) in [5.74, 6) is 0.691. The van der Waals surface area contributed by atoms with E-state index in [9.17, 15) is 0 Å². The summed E-state index contributed by atoms with van der Waals surface area (Å²) in [4.78, 5) is 0. The fraction of sp³-hybridized carbons (Fsp3) is 0.429. The molecule has 0 heterocycles. The van der Waals surface area contributed by atoms with Crippen LogP contribution in [0.5, 0.6) is 0 Å². The lowest BCUT2D eigenvalue weighted by Crippen LogP contribution is -1.94. The largest absolute Gasteiger partial charge is 0.0764 e. The van der Waals surface area contributed by atoms with Crippen LogP contribution in [0.4, 0.5) is 0 Å². The quantitative estimate of drug-likeness (QED) is 0.624. The topological polar surface area (TPSA) is 0 Å². The van der Waals surface area contributed by atoms with Crippen LogP contribution >= 0.6 is 0 Å². The van der Waals surface area contributed by atoms with E-state index < -0.39 is 0 Å². The predicted molar refractivity (Wildman–Crippen MR) is 60.5 cm³/mol. The Balaban J connectivity index is 2.12. The molecule has 2 aliphatic carbocycles. The molecule has 0 heteroatoms. The molecule has 1 aromatic rings. The van der Waals surface area contributed by atoms with Crippen LogP contribution in [0.15, 0.2) is 18.2 Å². The van der Waals surface area contributed by atoms with E-state index in [1.54, 1.807) is 16.7 Å². The van der Waals surface area contributed by atoms with Crippen LogP contribution in [0.1, 0.15) is 47.9 Å². The van der Waals surface area contributed by atoms with E-state index in [0.717, 1.165) is 0 Å². The third-order valence-corrected chi connectivity index (χ3v) is 3.64. The Hall–Kier alpha value is -1.04. The third-order valence-electron chi connectivity index (χ3n) is 3.64. The Bertz CT molecular complexity index is 399.